The topological polar surface area (TPSA) is 43.1 Å². The van der Waals surface area contributed by atoms with Crippen LogP contribution < -0.4 is 5.73 Å². The van der Waals surface area contributed by atoms with E-state index in [4.69, 9.17) is 5.73 Å². The first-order chi connectivity index (χ1) is 7.09. The van der Waals surface area contributed by atoms with E-state index in [-0.39, 0.29) is 5.91 Å². The molecule has 1 aromatic carbocycles. The molecule has 0 aromatic heterocycles. The second kappa shape index (κ2) is 5.35. The molecular weight excluding hydrogens is 186 g/mol. The van der Waals surface area contributed by atoms with Crippen LogP contribution in [-0.4, -0.2) is 5.91 Å². The van der Waals surface area contributed by atoms with Gasteiger partial charge in [-0.2, -0.15) is 0 Å². The van der Waals surface area contributed by atoms with E-state index in [1.165, 1.54) is 5.56 Å². The van der Waals surface area contributed by atoms with Crippen molar-refractivity contribution in [2.24, 2.45) is 5.73 Å². The summed E-state index contributed by atoms with van der Waals surface area (Å²) in [5.74, 6) is -0.244. The summed E-state index contributed by atoms with van der Waals surface area (Å²) in [5, 5.41) is 0. The van der Waals surface area contributed by atoms with Crippen LogP contribution in [0.5, 0.6) is 0 Å². The molecule has 0 saturated carbocycles. The highest BCUT2D eigenvalue weighted by atomic mass is 16.1. The Morgan fingerprint density at radius 1 is 1.27 bits per heavy atom. The van der Waals surface area contributed by atoms with Crippen molar-refractivity contribution < 1.29 is 4.79 Å². The Hall–Kier alpha value is -1.57. The first-order valence-electron chi connectivity index (χ1n) is 5.12. The second-order valence-electron chi connectivity index (χ2n) is 3.79. The molecule has 80 valence electrons. The zero-order valence-electron chi connectivity index (χ0n) is 9.12. The predicted molar refractivity (Wildman–Crippen MR) is 63.3 cm³/mol. The highest BCUT2D eigenvalue weighted by Crippen LogP contribution is 2.18. The van der Waals surface area contributed by atoms with Gasteiger partial charge in [0.15, 0.2) is 0 Å². The Labute approximate surface area is 90.8 Å². The molecule has 0 unspecified atom stereocenters. The summed E-state index contributed by atoms with van der Waals surface area (Å²) in [4.78, 5) is 10.6. The largest absolute Gasteiger partial charge is 0.370 e. The standard InChI is InChI=1S/C13H17NO/c1-10-6-8-12(9-7-10)11(2)4-3-5-13(14)15/h6-9H,2-5H2,1H3,(H2,14,15). The fourth-order valence-corrected chi connectivity index (χ4v) is 1.41. The number of allylic oxidation sites excluding steroid dienone is 1. The van der Waals surface area contributed by atoms with Gasteiger partial charge in [0.1, 0.15) is 0 Å². The maximum atomic E-state index is 10.6. The van der Waals surface area contributed by atoms with Crippen molar-refractivity contribution in [1.82, 2.24) is 0 Å². The lowest BCUT2D eigenvalue weighted by atomic mass is 10.0. The van der Waals surface area contributed by atoms with Gasteiger partial charge >= 0.3 is 0 Å². The molecule has 0 saturated heterocycles. The van der Waals surface area contributed by atoms with Gasteiger partial charge in [0.2, 0.25) is 5.91 Å². The van der Waals surface area contributed by atoms with Gasteiger partial charge < -0.3 is 5.73 Å². The summed E-state index contributed by atoms with van der Waals surface area (Å²) in [6, 6.07) is 8.24. The van der Waals surface area contributed by atoms with E-state index in [2.05, 4.69) is 37.8 Å². The van der Waals surface area contributed by atoms with Gasteiger partial charge in [0.25, 0.3) is 0 Å². The molecule has 1 rings (SSSR count). The molecule has 2 heteroatoms. The molecule has 0 aliphatic rings. The zero-order chi connectivity index (χ0) is 11.3. The van der Waals surface area contributed by atoms with Crippen LogP contribution in [0.2, 0.25) is 0 Å². The lowest BCUT2D eigenvalue weighted by molar-refractivity contribution is -0.118. The van der Waals surface area contributed by atoms with Crippen LogP contribution in [0, 0.1) is 6.92 Å². The van der Waals surface area contributed by atoms with Crippen LogP contribution >= 0.6 is 0 Å². The minimum atomic E-state index is -0.244. The average Bonchev–Trinajstić information content (AvgIpc) is 2.18. The van der Waals surface area contributed by atoms with Crippen LogP contribution in [-0.2, 0) is 4.79 Å². The van der Waals surface area contributed by atoms with E-state index < -0.39 is 0 Å². The number of benzene rings is 1. The fraction of sp³-hybridized carbons (Fsp3) is 0.308. The maximum Gasteiger partial charge on any atom is 0.217 e. The van der Waals surface area contributed by atoms with Crippen LogP contribution in [0.15, 0.2) is 30.8 Å². The quantitative estimate of drug-likeness (QED) is 0.785. The van der Waals surface area contributed by atoms with E-state index in [1.54, 1.807) is 0 Å². The molecule has 0 atom stereocenters. The van der Waals surface area contributed by atoms with Crippen molar-refractivity contribution in [2.45, 2.75) is 26.2 Å². The van der Waals surface area contributed by atoms with E-state index >= 15 is 0 Å². The molecule has 0 bridgehead atoms. The normalized spacial score (nSPS) is 9.93. The Balaban J connectivity index is 2.47. The summed E-state index contributed by atoms with van der Waals surface area (Å²) in [6.07, 6.45) is 2.04. The van der Waals surface area contributed by atoms with Crippen molar-refractivity contribution in [1.29, 1.82) is 0 Å². The Morgan fingerprint density at radius 2 is 1.87 bits per heavy atom. The van der Waals surface area contributed by atoms with Crippen molar-refractivity contribution in [2.75, 3.05) is 0 Å². The highest BCUT2D eigenvalue weighted by Gasteiger charge is 2.00. The Morgan fingerprint density at radius 3 is 2.40 bits per heavy atom. The summed E-state index contributed by atoms with van der Waals surface area (Å²) < 4.78 is 0. The molecule has 2 N–H and O–H groups in total. The highest BCUT2D eigenvalue weighted by molar-refractivity contribution is 5.74. The molecule has 0 spiro atoms. The number of rotatable bonds is 5. The third kappa shape index (κ3) is 3.98. The number of nitrogens with two attached hydrogens (primary N) is 1. The molecule has 0 fully saturated rings. The third-order valence-electron chi connectivity index (χ3n) is 2.36. The number of hydrogen-bond donors (Lipinski definition) is 1. The number of amides is 1. The summed E-state index contributed by atoms with van der Waals surface area (Å²) >= 11 is 0. The van der Waals surface area contributed by atoms with Gasteiger partial charge in [-0.25, -0.2) is 0 Å². The Bertz CT molecular complexity index is 351. The lowest BCUT2D eigenvalue weighted by Gasteiger charge is -2.05. The molecule has 2 nitrogen and oxygen atoms in total. The second-order valence-corrected chi connectivity index (χ2v) is 3.79. The number of aryl methyl sites for hydroxylation is 1. The average molecular weight is 203 g/mol. The molecule has 15 heavy (non-hydrogen) atoms. The Kier molecular flexibility index (Phi) is 4.10. The number of carbonyl (C=O) groups is 1. The predicted octanol–water partition coefficient (Wildman–Crippen LogP) is 2.66. The minimum Gasteiger partial charge on any atom is -0.370 e. The first-order valence-corrected chi connectivity index (χ1v) is 5.12. The van der Waals surface area contributed by atoms with Gasteiger partial charge in [-0.3, -0.25) is 4.79 Å². The van der Waals surface area contributed by atoms with Gasteiger partial charge in [-0.05, 0) is 30.9 Å². The van der Waals surface area contributed by atoms with E-state index in [9.17, 15) is 4.79 Å². The molecule has 0 aliphatic heterocycles. The molecule has 0 radical (unpaired) electrons. The van der Waals surface area contributed by atoms with E-state index in [0.29, 0.717) is 6.42 Å². The monoisotopic (exact) mass is 203 g/mol. The van der Waals surface area contributed by atoms with E-state index in [0.717, 1.165) is 24.0 Å². The van der Waals surface area contributed by atoms with Crippen LogP contribution in [0.25, 0.3) is 5.57 Å². The summed E-state index contributed by atoms with van der Waals surface area (Å²) in [5.41, 5.74) is 8.52. The third-order valence-corrected chi connectivity index (χ3v) is 2.36. The van der Waals surface area contributed by atoms with Gasteiger partial charge in [0, 0.05) is 6.42 Å². The van der Waals surface area contributed by atoms with Crippen molar-refractivity contribution in [3.63, 3.8) is 0 Å². The summed E-state index contributed by atoms with van der Waals surface area (Å²) in [7, 11) is 0. The summed E-state index contributed by atoms with van der Waals surface area (Å²) in [6.45, 7) is 6.05. The van der Waals surface area contributed by atoms with Crippen molar-refractivity contribution in [3.8, 4) is 0 Å². The number of primary amides is 1. The van der Waals surface area contributed by atoms with Crippen molar-refractivity contribution >= 4 is 11.5 Å². The van der Waals surface area contributed by atoms with Crippen LogP contribution in [0.4, 0.5) is 0 Å². The van der Waals surface area contributed by atoms with Gasteiger partial charge in [-0.1, -0.05) is 36.4 Å². The zero-order valence-corrected chi connectivity index (χ0v) is 9.12. The van der Waals surface area contributed by atoms with Crippen molar-refractivity contribution in [3.05, 3.63) is 42.0 Å². The molecule has 0 aliphatic carbocycles. The van der Waals surface area contributed by atoms with Crippen LogP contribution in [0.3, 0.4) is 0 Å². The first kappa shape index (κ1) is 11.5. The van der Waals surface area contributed by atoms with Gasteiger partial charge in [-0.15, -0.1) is 0 Å². The van der Waals surface area contributed by atoms with Gasteiger partial charge in [0.05, 0.1) is 0 Å². The maximum absolute atomic E-state index is 10.6. The molecule has 1 aromatic rings. The van der Waals surface area contributed by atoms with Crippen LogP contribution in [0.1, 0.15) is 30.4 Å². The number of carbonyl (C=O) groups excluding carboxylic acids is 1. The minimum absolute atomic E-state index is 0.244. The lowest BCUT2D eigenvalue weighted by Crippen LogP contribution is -2.09. The number of hydrogen-bond acceptors (Lipinski definition) is 1. The molecule has 1 amide bonds. The van der Waals surface area contributed by atoms with E-state index in [1.807, 2.05) is 0 Å². The SMILES string of the molecule is C=C(CCCC(N)=O)c1ccc(C)cc1. The smallest absolute Gasteiger partial charge is 0.217 e. The fourth-order valence-electron chi connectivity index (χ4n) is 1.41. The molecule has 0 heterocycles. The molecular formula is C13H17NO.